The lowest BCUT2D eigenvalue weighted by atomic mass is 9.98. The minimum absolute atomic E-state index is 0. The fourth-order valence-corrected chi connectivity index (χ4v) is 3.21. The number of likely N-dealkylation sites (N-methyl/N-ethyl adjacent to an activating group) is 1. The summed E-state index contributed by atoms with van der Waals surface area (Å²) in [7, 11) is 5.55. The summed E-state index contributed by atoms with van der Waals surface area (Å²) in [6, 6.07) is 8.46. The summed E-state index contributed by atoms with van der Waals surface area (Å²) in [5, 5.41) is 3.44. The van der Waals surface area contributed by atoms with Gasteiger partial charge in [-0.1, -0.05) is 12.1 Å². The van der Waals surface area contributed by atoms with Crippen molar-refractivity contribution in [1.82, 2.24) is 15.1 Å². The van der Waals surface area contributed by atoms with E-state index in [0.29, 0.717) is 5.92 Å². The first kappa shape index (κ1) is 24.0. The maximum absolute atomic E-state index is 5.26. The number of hydrogen-bond acceptors (Lipinski definition) is 4. The van der Waals surface area contributed by atoms with Gasteiger partial charge in [-0.15, -0.1) is 24.0 Å². The smallest absolute Gasteiger partial charge is 0.193 e. The average Bonchev–Trinajstić information content (AvgIpc) is 3.15. The molecule has 1 aromatic rings. The lowest BCUT2D eigenvalue weighted by molar-refractivity contribution is 0.163. The Morgan fingerprint density at radius 2 is 2.00 bits per heavy atom. The highest BCUT2D eigenvalue weighted by Crippen LogP contribution is 2.28. The van der Waals surface area contributed by atoms with Gasteiger partial charge in [-0.3, -0.25) is 4.99 Å². The molecule has 1 saturated heterocycles. The van der Waals surface area contributed by atoms with Crippen LogP contribution in [0, 0.1) is 0 Å². The fraction of sp³-hybridized carbons (Fsp3) is 0.650. The number of methoxy groups -OCH3 is 2. The van der Waals surface area contributed by atoms with Crippen LogP contribution in [-0.4, -0.2) is 82.9 Å². The zero-order chi connectivity index (χ0) is 18.8. The standard InChI is InChI=1S/C20H34N4O2.HI/c1-5-21-20(22-11-13-23(2)14-15-25-3)24-12-10-18(16-24)17-6-8-19(26-4)9-7-17;/h6-9,18H,5,10-16H2,1-4H3,(H,21,22);1H. The Labute approximate surface area is 181 Å². The molecule has 27 heavy (non-hydrogen) atoms. The molecule has 2 rings (SSSR count). The number of benzene rings is 1. The molecule has 1 aromatic carbocycles. The van der Waals surface area contributed by atoms with Crippen molar-refractivity contribution in [1.29, 1.82) is 0 Å². The van der Waals surface area contributed by atoms with E-state index in [0.717, 1.165) is 64.0 Å². The number of hydrogen-bond donors (Lipinski definition) is 1. The molecular weight excluding hydrogens is 455 g/mol. The zero-order valence-corrected chi connectivity index (χ0v) is 19.4. The van der Waals surface area contributed by atoms with E-state index in [1.165, 1.54) is 5.56 Å². The number of halogens is 1. The number of nitrogens with one attached hydrogen (secondary N) is 1. The van der Waals surface area contributed by atoms with Gasteiger partial charge in [-0.05, 0) is 38.1 Å². The van der Waals surface area contributed by atoms with E-state index in [2.05, 4.69) is 41.2 Å². The molecule has 154 valence electrons. The van der Waals surface area contributed by atoms with Crippen LogP contribution in [0.5, 0.6) is 5.75 Å². The van der Waals surface area contributed by atoms with Crippen LogP contribution in [0.4, 0.5) is 0 Å². The molecule has 0 aromatic heterocycles. The van der Waals surface area contributed by atoms with Gasteiger partial charge in [0.25, 0.3) is 0 Å². The quantitative estimate of drug-likeness (QED) is 0.328. The maximum Gasteiger partial charge on any atom is 0.193 e. The molecule has 1 N–H and O–H groups in total. The van der Waals surface area contributed by atoms with Crippen molar-refractivity contribution in [3.8, 4) is 5.75 Å². The Kier molecular flexibility index (Phi) is 11.7. The molecule has 0 aliphatic carbocycles. The summed E-state index contributed by atoms with van der Waals surface area (Å²) >= 11 is 0. The van der Waals surface area contributed by atoms with E-state index >= 15 is 0 Å². The van der Waals surface area contributed by atoms with Crippen LogP contribution in [0.25, 0.3) is 0 Å². The summed E-state index contributed by atoms with van der Waals surface area (Å²) in [5.74, 6) is 2.49. The Balaban J connectivity index is 0.00000364. The third-order valence-corrected chi connectivity index (χ3v) is 4.83. The number of aliphatic imine (C=N–C) groups is 1. The van der Waals surface area contributed by atoms with Crippen molar-refractivity contribution in [3.05, 3.63) is 29.8 Å². The first-order valence-corrected chi connectivity index (χ1v) is 9.52. The van der Waals surface area contributed by atoms with Crippen LogP contribution < -0.4 is 10.1 Å². The molecule has 1 aliphatic heterocycles. The predicted molar refractivity (Wildman–Crippen MR) is 123 cm³/mol. The average molecular weight is 490 g/mol. The molecule has 1 atom stereocenters. The predicted octanol–water partition coefficient (Wildman–Crippen LogP) is 2.65. The van der Waals surface area contributed by atoms with Crippen molar-refractivity contribution >= 4 is 29.9 Å². The van der Waals surface area contributed by atoms with E-state index in [-0.39, 0.29) is 24.0 Å². The molecule has 6 nitrogen and oxygen atoms in total. The topological polar surface area (TPSA) is 49.3 Å². The summed E-state index contributed by atoms with van der Waals surface area (Å²) < 4.78 is 10.4. The van der Waals surface area contributed by atoms with Gasteiger partial charge in [0.1, 0.15) is 5.75 Å². The molecule has 0 spiro atoms. The van der Waals surface area contributed by atoms with Crippen LogP contribution in [0.3, 0.4) is 0 Å². The SMILES string of the molecule is CCNC(=NCCN(C)CCOC)N1CCC(c2ccc(OC)cc2)C1.I. The van der Waals surface area contributed by atoms with Gasteiger partial charge in [-0.2, -0.15) is 0 Å². The Morgan fingerprint density at radius 1 is 1.26 bits per heavy atom. The van der Waals surface area contributed by atoms with Gasteiger partial charge in [0, 0.05) is 45.8 Å². The van der Waals surface area contributed by atoms with Crippen molar-refractivity contribution in [2.75, 3.05) is 67.1 Å². The molecule has 0 radical (unpaired) electrons. The maximum atomic E-state index is 5.26. The molecule has 1 aliphatic rings. The first-order valence-electron chi connectivity index (χ1n) is 9.52. The third kappa shape index (κ3) is 7.83. The second-order valence-corrected chi connectivity index (χ2v) is 6.74. The Bertz CT molecular complexity index is 553. The highest BCUT2D eigenvalue weighted by molar-refractivity contribution is 14.0. The molecule has 0 amide bonds. The van der Waals surface area contributed by atoms with Crippen LogP contribution in [0.1, 0.15) is 24.8 Å². The first-order chi connectivity index (χ1) is 12.7. The highest BCUT2D eigenvalue weighted by atomic mass is 127. The van der Waals surface area contributed by atoms with Crippen LogP contribution in [0.15, 0.2) is 29.3 Å². The summed E-state index contributed by atoms with van der Waals surface area (Å²) in [4.78, 5) is 9.46. The molecule has 0 bridgehead atoms. The molecule has 1 heterocycles. The number of likely N-dealkylation sites (tertiary alicyclic amines) is 1. The van der Waals surface area contributed by atoms with Gasteiger partial charge >= 0.3 is 0 Å². The molecule has 1 fully saturated rings. The van der Waals surface area contributed by atoms with Crippen molar-refractivity contribution in [2.24, 2.45) is 4.99 Å². The van der Waals surface area contributed by atoms with Crippen molar-refractivity contribution in [3.63, 3.8) is 0 Å². The van der Waals surface area contributed by atoms with Gasteiger partial charge in [0.15, 0.2) is 5.96 Å². The lowest BCUT2D eigenvalue weighted by Gasteiger charge is -2.22. The normalized spacial score (nSPS) is 17.1. The number of nitrogens with zero attached hydrogens (tertiary/aromatic N) is 3. The molecule has 7 heteroatoms. The highest BCUT2D eigenvalue weighted by Gasteiger charge is 2.26. The largest absolute Gasteiger partial charge is 0.497 e. The summed E-state index contributed by atoms with van der Waals surface area (Å²) in [6.07, 6.45) is 1.16. The number of guanidine groups is 1. The van der Waals surface area contributed by atoms with Crippen LogP contribution >= 0.6 is 24.0 Å². The van der Waals surface area contributed by atoms with Gasteiger partial charge < -0.3 is 24.6 Å². The molecule has 0 saturated carbocycles. The molecule has 1 unspecified atom stereocenters. The van der Waals surface area contributed by atoms with E-state index in [1.807, 2.05) is 12.1 Å². The number of ether oxygens (including phenoxy) is 2. The minimum atomic E-state index is 0. The fourth-order valence-electron chi connectivity index (χ4n) is 3.21. The minimum Gasteiger partial charge on any atom is -0.497 e. The van der Waals surface area contributed by atoms with E-state index in [9.17, 15) is 0 Å². The Morgan fingerprint density at radius 3 is 2.63 bits per heavy atom. The second kappa shape index (κ2) is 13.2. The van der Waals surface area contributed by atoms with Gasteiger partial charge in [0.2, 0.25) is 0 Å². The Hall–Kier alpha value is -1.06. The number of rotatable bonds is 9. The summed E-state index contributed by atoms with van der Waals surface area (Å²) in [6.45, 7) is 8.50. The van der Waals surface area contributed by atoms with Gasteiger partial charge in [0.05, 0.1) is 20.3 Å². The third-order valence-electron chi connectivity index (χ3n) is 4.83. The summed E-state index contributed by atoms with van der Waals surface area (Å²) in [5.41, 5.74) is 1.38. The van der Waals surface area contributed by atoms with E-state index in [1.54, 1.807) is 14.2 Å². The van der Waals surface area contributed by atoms with Gasteiger partial charge in [-0.25, -0.2) is 0 Å². The van der Waals surface area contributed by atoms with Crippen molar-refractivity contribution in [2.45, 2.75) is 19.3 Å². The van der Waals surface area contributed by atoms with E-state index < -0.39 is 0 Å². The zero-order valence-electron chi connectivity index (χ0n) is 17.1. The second-order valence-electron chi connectivity index (χ2n) is 6.74. The lowest BCUT2D eigenvalue weighted by Crippen LogP contribution is -2.40. The van der Waals surface area contributed by atoms with Crippen LogP contribution in [-0.2, 0) is 4.74 Å². The van der Waals surface area contributed by atoms with Crippen LogP contribution in [0.2, 0.25) is 0 Å². The molecular formula is C20H35IN4O2. The van der Waals surface area contributed by atoms with E-state index in [4.69, 9.17) is 14.5 Å². The van der Waals surface area contributed by atoms with Crippen molar-refractivity contribution < 1.29 is 9.47 Å². The monoisotopic (exact) mass is 490 g/mol.